The second-order valence-electron chi connectivity index (χ2n) is 10.2. The largest absolute Gasteiger partial charge is 0.370 e. The van der Waals surface area contributed by atoms with E-state index in [0.717, 1.165) is 25.4 Å². The molecule has 0 bridgehead atoms. The molecule has 1 aliphatic heterocycles. The first-order valence-electron chi connectivity index (χ1n) is 10.4. The third-order valence-electron chi connectivity index (χ3n) is 9.43. The van der Waals surface area contributed by atoms with E-state index in [1.807, 2.05) is 0 Å². The monoisotopic (exact) mass is 332 g/mol. The maximum absolute atomic E-state index is 15.4. The second-order valence-corrected chi connectivity index (χ2v) is 10.2. The summed E-state index contributed by atoms with van der Waals surface area (Å²) in [6.45, 7) is 8.08. The maximum Gasteiger partial charge on any atom is 0.104 e. The summed E-state index contributed by atoms with van der Waals surface area (Å²) in [5.74, 6) is 2.35. The summed E-state index contributed by atoms with van der Waals surface area (Å²) in [5.41, 5.74) is 2.34. The molecule has 0 radical (unpaired) electrons. The van der Waals surface area contributed by atoms with Crippen LogP contribution in [0.3, 0.4) is 0 Å². The lowest BCUT2D eigenvalue weighted by Crippen LogP contribution is -2.57. The van der Waals surface area contributed by atoms with Gasteiger partial charge in [-0.15, -0.1) is 0 Å². The van der Waals surface area contributed by atoms with Gasteiger partial charge < -0.3 is 4.74 Å². The number of ether oxygens (including phenoxy) is 1. The highest BCUT2D eigenvalue weighted by Gasteiger charge is 2.65. The lowest BCUT2D eigenvalue weighted by molar-refractivity contribution is -0.142. The molecule has 24 heavy (non-hydrogen) atoms. The van der Waals surface area contributed by atoms with E-state index in [4.69, 9.17) is 4.74 Å². The van der Waals surface area contributed by atoms with Crippen LogP contribution in [-0.2, 0) is 4.74 Å². The molecule has 5 fully saturated rings. The molecule has 0 amide bonds. The molecule has 1 saturated heterocycles. The van der Waals surface area contributed by atoms with Gasteiger partial charge in [-0.05, 0) is 92.8 Å². The van der Waals surface area contributed by atoms with Crippen LogP contribution in [0, 0.1) is 34.5 Å². The Hall–Kier alpha value is -0.370. The SMILES string of the molecule is C/C=C1/CC[C@H]2[C@]3(C)C[C@@H](F)[C@H]4CC5(CCC4[C@H]3CC[C@]12C)CO5. The molecule has 1 nitrogen and oxygen atoms in total. The fourth-order valence-electron chi connectivity index (χ4n) is 8.19. The average molecular weight is 333 g/mol. The molecule has 2 heteroatoms. The van der Waals surface area contributed by atoms with Gasteiger partial charge in [0.25, 0.3) is 0 Å². The Kier molecular flexibility index (Phi) is 3.22. The van der Waals surface area contributed by atoms with Gasteiger partial charge in [-0.2, -0.15) is 0 Å². The minimum atomic E-state index is -0.602. The van der Waals surface area contributed by atoms with Gasteiger partial charge in [-0.25, -0.2) is 4.39 Å². The van der Waals surface area contributed by atoms with Gasteiger partial charge in [0.2, 0.25) is 0 Å². The summed E-state index contributed by atoms with van der Waals surface area (Å²) in [4.78, 5) is 0. The lowest BCUT2D eigenvalue weighted by Gasteiger charge is -2.62. The van der Waals surface area contributed by atoms with E-state index in [9.17, 15) is 0 Å². The van der Waals surface area contributed by atoms with Crippen LogP contribution < -0.4 is 0 Å². The van der Waals surface area contributed by atoms with Gasteiger partial charge in [0.15, 0.2) is 0 Å². The summed E-state index contributed by atoms with van der Waals surface area (Å²) < 4.78 is 21.1. The van der Waals surface area contributed by atoms with Crippen molar-refractivity contribution in [1.29, 1.82) is 0 Å². The first-order chi connectivity index (χ1) is 11.4. The van der Waals surface area contributed by atoms with Crippen molar-refractivity contribution in [2.75, 3.05) is 6.61 Å². The van der Waals surface area contributed by atoms with Crippen LogP contribution in [-0.4, -0.2) is 18.4 Å². The number of fused-ring (bicyclic) bond motifs is 5. The van der Waals surface area contributed by atoms with Gasteiger partial charge in [-0.3, -0.25) is 0 Å². The van der Waals surface area contributed by atoms with E-state index in [1.165, 1.54) is 38.5 Å². The van der Waals surface area contributed by atoms with Crippen LogP contribution in [0.15, 0.2) is 11.6 Å². The van der Waals surface area contributed by atoms with E-state index in [-0.39, 0.29) is 16.9 Å². The molecule has 4 saturated carbocycles. The van der Waals surface area contributed by atoms with Crippen molar-refractivity contribution in [1.82, 2.24) is 0 Å². The van der Waals surface area contributed by atoms with Crippen LogP contribution in [0.25, 0.3) is 0 Å². The number of hydrogen-bond donors (Lipinski definition) is 0. The van der Waals surface area contributed by atoms with Crippen molar-refractivity contribution in [3.8, 4) is 0 Å². The normalized spacial score (nSPS) is 60.7. The van der Waals surface area contributed by atoms with Gasteiger partial charge in [0, 0.05) is 0 Å². The minimum absolute atomic E-state index is 0.105. The summed E-state index contributed by atoms with van der Waals surface area (Å²) in [6.07, 6.45) is 11.2. The van der Waals surface area contributed by atoms with Crippen LogP contribution in [0.4, 0.5) is 4.39 Å². The van der Waals surface area contributed by atoms with E-state index in [2.05, 4.69) is 26.8 Å². The standard InChI is InChI=1S/C22H33FO/c1-4-14-5-6-19-20(14,2)9-8-17-15-7-10-22(13-24-22)11-16(15)18(23)12-21(17,19)3/h4,15-19H,5-13H2,1-3H3/b14-4-/t15?,16-,17+,18+,19+,20+,21+,22?/m0/s1. The average Bonchev–Trinajstić information content (AvgIpc) is 3.19. The molecule has 8 atom stereocenters. The molecular weight excluding hydrogens is 299 g/mol. The molecule has 0 N–H and O–H groups in total. The van der Waals surface area contributed by atoms with Crippen LogP contribution in [0.2, 0.25) is 0 Å². The summed E-state index contributed by atoms with van der Waals surface area (Å²) in [5, 5.41) is 0. The van der Waals surface area contributed by atoms with Gasteiger partial charge in [0.05, 0.1) is 12.2 Å². The first-order valence-corrected chi connectivity index (χ1v) is 10.4. The number of halogens is 1. The zero-order chi connectivity index (χ0) is 16.7. The van der Waals surface area contributed by atoms with Crippen molar-refractivity contribution in [2.24, 2.45) is 34.5 Å². The molecule has 0 aromatic carbocycles. The fraction of sp³-hybridized carbons (Fsp3) is 0.909. The third-order valence-corrected chi connectivity index (χ3v) is 9.43. The quantitative estimate of drug-likeness (QED) is 0.410. The van der Waals surface area contributed by atoms with Crippen LogP contribution >= 0.6 is 0 Å². The van der Waals surface area contributed by atoms with Crippen molar-refractivity contribution in [2.45, 2.75) is 83.9 Å². The molecule has 1 spiro atoms. The number of epoxide rings is 1. The molecule has 4 aliphatic carbocycles. The highest BCUT2D eigenvalue weighted by Crippen LogP contribution is 2.70. The minimum Gasteiger partial charge on any atom is -0.370 e. The van der Waals surface area contributed by atoms with Crippen LogP contribution in [0.5, 0.6) is 0 Å². The van der Waals surface area contributed by atoms with E-state index >= 15 is 4.39 Å². The first kappa shape index (κ1) is 15.9. The lowest BCUT2D eigenvalue weighted by atomic mass is 9.43. The zero-order valence-corrected chi connectivity index (χ0v) is 15.6. The Labute approximate surface area is 146 Å². The van der Waals surface area contributed by atoms with Crippen molar-refractivity contribution >= 4 is 0 Å². The topological polar surface area (TPSA) is 12.5 Å². The van der Waals surface area contributed by atoms with E-state index < -0.39 is 6.17 Å². The van der Waals surface area contributed by atoms with Gasteiger partial charge >= 0.3 is 0 Å². The smallest absolute Gasteiger partial charge is 0.104 e. The third kappa shape index (κ3) is 1.90. The van der Waals surface area contributed by atoms with E-state index in [1.54, 1.807) is 5.57 Å². The zero-order valence-electron chi connectivity index (χ0n) is 15.6. The summed E-state index contributed by atoms with van der Waals surface area (Å²) >= 11 is 0. The molecule has 134 valence electrons. The molecular formula is C22H33FO. The fourth-order valence-corrected chi connectivity index (χ4v) is 8.19. The molecule has 0 aromatic rings. The number of hydrogen-bond acceptors (Lipinski definition) is 1. The Bertz CT molecular complexity index is 579. The van der Waals surface area contributed by atoms with Crippen molar-refractivity contribution in [3.05, 3.63) is 11.6 Å². The second kappa shape index (κ2) is 4.87. The number of rotatable bonds is 0. The van der Waals surface area contributed by atoms with Crippen molar-refractivity contribution < 1.29 is 9.13 Å². The Morgan fingerprint density at radius 3 is 2.58 bits per heavy atom. The molecule has 1 heterocycles. The van der Waals surface area contributed by atoms with Gasteiger partial charge in [-0.1, -0.05) is 25.5 Å². The predicted octanol–water partition coefficient (Wildman–Crippen LogP) is 5.69. The highest BCUT2D eigenvalue weighted by molar-refractivity contribution is 5.25. The number of alkyl halides is 1. The Morgan fingerprint density at radius 2 is 1.88 bits per heavy atom. The van der Waals surface area contributed by atoms with E-state index in [0.29, 0.717) is 17.3 Å². The molecule has 5 rings (SSSR count). The summed E-state index contributed by atoms with van der Waals surface area (Å²) in [7, 11) is 0. The van der Waals surface area contributed by atoms with Crippen molar-refractivity contribution in [3.63, 3.8) is 0 Å². The van der Waals surface area contributed by atoms with Gasteiger partial charge in [0.1, 0.15) is 6.17 Å². The molecule has 5 aliphatic rings. The highest BCUT2D eigenvalue weighted by atomic mass is 19.1. The maximum atomic E-state index is 15.4. The summed E-state index contributed by atoms with van der Waals surface area (Å²) in [6, 6.07) is 0. The number of allylic oxidation sites excluding steroid dienone is 2. The molecule has 0 aromatic heterocycles. The molecule has 2 unspecified atom stereocenters. The Morgan fingerprint density at radius 1 is 1.08 bits per heavy atom. The predicted molar refractivity (Wildman–Crippen MR) is 94.4 cm³/mol. The Balaban J connectivity index is 1.49. The van der Waals surface area contributed by atoms with Crippen LogP contribution in [0.1, 0.15) is 72.1 Å².